The first-order valence-corrected chi connectivity index (χ1v) is 8.33. The fourth-order valence-corrected chi connectivity index (χ4v) is 2.73. The first-order valence-electron chi connectivity index (χ1n) is 8.33. The average molecular weight is 351 g/mol. The van der Waals surface area contributed by atoms with Crippen molar-refractivity contribution >= 4 is 0 Å². The SMILES string of the molecule is CC(C)(C)c1ccc(Cn2c(O)cc(=O)n(-c3cccnc3)c2=O)cc1. The molecular formula is C20H21N3O3. The lowest BCUT2D eigenvalue weighted by Crippen LogP contribution is -2.38. The average Bonchev–Trinajstić information content (AvgIpc) is 2.59. The van der Waals surface area contributed by atoms with Crippen molar-refractivity contribution in [3.8, 4) is 11.6 Å². The molecule has 6 nitrogen and oxygen atoms in total. The molecule has 0 fully saturated rings. The molecule has 3 rings (SSSR count). The maximum absolute atomic E-state index is 12.8. The largest absolute Gasteiger partial charge is 0.494 e. The van der Waals surface area contributed by atoms with Gasteiger partial charge in [0.25, 0.3) is 5.56 Å². The molecule has 0 radical (unpaired) electrons. The molecule has 1 N–H and O–H groups in total. The normalized spacial score (nSPS) is 11.5. The highest BCUT2D eigenvalue weighted by atomic mass is 16.3. The van der Waals surface area contributed by atoms with E-state index in [1.54, 1.807) is 18.3 Å². The fraction of sp³-hybridized carbons (Fsp3) is 0.250. The van der Waals surface area contributed by atoms with Gasteiger partial charge in [0.2, 0.25) is 5.88 Å². The minimum atomic E-state index is -0.608. The lowest BCUT2D eigenvalue weighted by molar-refractivity contribution is 0.405. The van der Waals surface area contributed by atoms with Crippen molar-refractivity contribution in [3.05, 3.63) is 86.8 Å². The monoisotopic (exact) mass is 351 g/mol. The maximum Gasteiger partial charge on any atom is 0.338 e. The van der Waals surface area contributed by atoms with Crippen LogP contribution in [0.25, 0.3) is 5.69 Å². The molecule has 0 bridgehead atoms. The van der Waals surface area contributed by atoms with E-state index >= 15 is 0 Å². The van der Waals surface area contributed by atoms with Crippen LogP contribution in [0.15, 0.2) is 64.4 Å². The molecule has 2 heterocycles. The van der Waals surface area contributed by atoms with Gasteiger partial charge in [0.05, 0.1) is 24.5 Å². The molecule has 0 aliphatic rings. The molecule has 1 aromatic carbocycles. The Morgan fingerprint density at radius 1 is 1.08 bits per heavy atom. The van der Waals surface area contributed by atoms with Crippen molar-refractivity contribution in [1.29, 1.82) is 0 Å². The van der Waals surface area contributed by atoms with E-state index in [0.29, 0.717) is 5.69 Å². The molecule has 0 aliphatic carbocycles. The zero-order chi connectivity index (χ0) is 18.9. The summed E-state index contributed by atoms with van der Waals surface area (Å²) in [6.45, 7) is 6.54. The standard InChI is InChI=1S/C20H21N3O3/c1-20(2,3)15-8-6-14(7-9-15)13-22-17(24)11-18(25)23(19(22)26)16-5-4-10-21-12-16/h4-12,24H,13H2,1-3H3. The summed E-state index contributed by atoms with van der Waals surface area (Å²) in [6.07, 6.45) is 2.99. The number of hydrogen-bond acceptors (Lipinski definition) is 4. The second-order valence-corrected chi connectivity index (χ2v) is 7.20. The van der Waals surface area contributed by atoms with Crippen molar-refractivity contribution in [2.24, 2.45) is 0 Å². The van der Waals surface area contributed by atoms with Gasteiger partial charge in [-0.1, -0.05) is 45.0 Å². The Kier molecular flexibility index (Phi) is 4.50. The van der Waals surface area contributed by atoms with Crippen LogP contribution in [0.2, 0.25) is 0 Å². The highest BCUT2D eigenvalue weighted by molar-refractivity contribution is 5.30. The van der Waals surface area contributed by atoms with Crippen molar-refractivity contribution in [3.63, 3.8) is 0 Å². The fourth-order valence-electron chi connectivity index (χ4n) is 2.73. The minimum Gasteiger partial charge on any atom is -0.494 e. The molecule has 134 valence electrons. The Bertz CT molecular complexity index is 1030. The van der Waals surface area contributed by atoms with E-state index in [0.717, 1.165) is 16.2 Å². The summed E-state index contributed by atoms with van der Waals surface area (Å²) in [7, 11) is 0. The summed E-state index contributed by atoms with van der Waals surface area (Å²) in [5.74, 6) is -0.361. The summed E-state index contributed by atoms with van der Waals surface area (Å²) >= 11 is 0. The second-order valence-electron chi connectivity index (χ2n) is 7.20. The van der Waals surface area contributed by atoms with E-state index in [4.69, 9.17) is 0 Å². The Labute approximate surface area is 151 Å². The summed E-state index contributed by atoms with van der Waals surface area (Å²) in [4.78, 5) is 28.9. The highest BCUT2D eigenvalue weighted by Crippen LogP contribution is 2.22. The van der Waals surface area contributed by atoms with E-state index in [9.17, 15) is 14.7 Å². The number of hydrogen-bond donors (Lipinski definition) is 1. The smallest absolute Gasteiger partial charge is 0.338 e. The number of nitrogens with zero attached hydrogens (tertiary/aromatic N) is 3. The maximum atomic E-state index is 12.8. The molecule has 0 saturated heterocycles. The lowest BCUT2D eigenvalue weighted by Gasteiger charge is -2.19. The molecule has 0 atom stereocenters. The molecule has 0 spiro atoms. The van der Waals surface area contributed by atoms with Gasteiger partial charge < -0.3 is 5.11 Å². The van der Waals surface area contributed by atoms with Crippen molar-refractivity contribution < 1.29 is 5.11 Å². The third-order valence-corrected chi connectivity index (χ3v) is 4.24. The van der Waals surface area contributed by atoms with Crippen LogP contribution < -0.4 is 11.2 Å². The van der Waals surface area contributed by atoms with Crippen molar-refractivity contribution in [2.45, 2.75) is 32.7 Å². The number of benzene rings is 1. The minimum absolute atomic E-state index is 0.0328. The van der Waals surface area contributed by atoms with E-state index in [-0.39, 0.29) is 17.8 Å². The predicted molar refractivity (Wildman–Crippen MR) is 100 cm³/mol. The Balaban J connectivity index is 2.04. The topological polar surface area (TPSA) is 77.1 Å². The zero-order valence-corrected chi connectivity index (χ0v) is 15.0. The number of pyridine rings is 1. The summed E-state index contributed by atoms with van der Waals surface area (Å²) in [5, 5.41) is 10.1. The van der Waals surface area contributed by atoms with Crippen LogP contribution in [0.5, 0.6) is 5.88 Å². The second kappa shape index (κ2) is 6.63. The van der Waals surface area contributed by atoms with Crippen LogP contribution in [-0.2, 0) is 12.0 Å². The Morgan fingerprint density at radius 3 is 2.35 bits per heavy atom. The van der Waals surface area contributed by atoms with Gasteiger partial charge in [-0.15, -0.1) is 0 Å². The number of aromatic hydroxyl groups is 1. The molecule has 0 aliphatic heterocycles. The molecule has 2 aromatic heterocycles. The summed E-state index contributed by atoms with van der Waals surface area (Å²) in [6, 6.07) is 12.2. The Morgan fingerprint density at radius 2 is 1.77 bits per heavy atom. The van der Waals surface area contributed by atoms with Gasteiger partial charge in [0.1, 0.15) is 0 Å². The van der Waals surface area contributed by atoms with Gasteiger partial charge in [-0.05, 0) is 28.7 Å². The van der Waals surface area contributed by atoms with Crippen molar-refractivity contribution in [2.75, 3.05) is 0 Å². The van der Waals surface area contributed by atoms with Crippen molar-refractivity contribution in [1.82, 2.24) is 14.1 Å². The van der Waals surface area contributed by atoms with Gasteiger partial charge in [0, 0.05) is 6.20 Å². The first-order chi connectivity index (χ1) is 12.3. The van der Waals surface area contributed by atoms with E-state index in [1.165, 1.54) is 16.3 Å². The van der Waals surface area contributed by atoms with Gasteiger partial charge in [0.15, 0.2) is 0 Å². The van der Waals surface area contributed by atoms with Gasteiger partial charge in [-0.2, -0.15) is 0 Å². The van der Waals surface area contributed by atoms with E-state index < -0.39 is 11.2 Å². The molecule has 3 aromatic rings. The van der Waals surface area contributed by atoms with Gasteiger partial charge in [-0.3, -0.25) is 14.3 Å². The molecule has 0 amide bonds. The van der Waals surface area contributed by atoms with E-state index in [1.807, 2.05) is 24.3 Å². The lowest BCUT2D eigenvalue weighted by atomic mass is 9.87. The first kappa shape index (κ1) is 17.7. The van der Waals surface area contributed by atoms with Crippen LogP contribution in [0.3, 0.4) is 0 Å². The quantitative estimate of drug-likeness (QED) is 0.786. The summed E-state index contributed by atoms with van der Waals surface area (Å²) in [5.41, 5.74) is 1.22. The molecule has 26 heavy (non-hydrogen) atoms. The number of aromatic nitrogens is 3. The van der Waals surface area contributed by atoms with Crippen LogP contribution in [0.1, 0.15) is 31.9 Å². The predicted octanol–water partition coefficient (Wildman–Crippen LogP) is 2.45. The van der Waals surface area contributed by atoms with Crippen LogP contribution in [0, 0.1) is 0 Å². The molecule has 6 heteroatoms. The zero-order valence-electron chi connectivity index (χ0n) is 15.0. The number of rotatable bonds is 3. The van der Waals surface area contributed by atoms with Crippen LogP contribution in [0.4, 0.5) is 0 Å². The van der Waals surface area contributed by atoms with E-state index in [2.05, 4.69) is 25.8 Å². The third-order valence-electron chi connectivity index (χ3n) is 4.24. The Hall–Kier alpha value is -3.15. The van der Waals surface area contributed by atoms with Gasteiger partial charge >= 0.3 is 5.69 Å². The summed E-state index contributed by atoms with van der Waals surface area (Å²) < 4.78 is 2.16. The molecule has 0 unspecified atom stereocenters. The van der Waals surface area contributed by atoms with Crippen LogP contribution in [-0.4, -0.2) is 19.2 Å². The molecular weight excluding hydrogens is 330 g/mol. The third kappa shape index (κ3) is 3.44. The molecule has 0 saturated carbocycles. The highest BCUT2D eigenvalue weighted by Gasteiger charge is 2.15. The van der Waals surface area contributed by atoms with Gasteiger partial charge in [-0.25, -0.2) is 9.36 Å². The van der Waals surface area contributed by atoms with Crippen LogP contribution >= 0.6 is 0 Å².